The Morgan fingerprint density at radius 1 is 1.21 bits per heavy atom. The molecule has 1 aromatic carbocycles. The van der Waals surface area contributed by atoms with E-state index in [0.717, 1.165) is 57.3 Å². The van der Waals surface area contributed by atoms with Crippen LogP contribution in [0.15, 0.2) is 18.2 Å². The zero-order chi connectivity index (χ0) is 17.2. The summed E-state index contributed by atoms with van der Waals surface area (Å²) in [5.41, 5.74) is 3.72. The summed E-state index contributed by atoms with van der Waals surface area (Å²) in [6.07, 6.45) is 5.11. The van der Waals surface area contributed by atoms with Crippen molar-refractivity contribution >= 4 is 9.84 Å². The van der Waals surface area contributed by atoms with Gasteiger partial charge in [0.2, 0.25) is 0 Å². The van der Waals surface area contributed by atoms with Crippen LogP contribution in [-0.2, 0) is 28.4 Å². The molecule has 0 amide bonds. The minimum Gasteiger partial charge on any atom is -0.308 e. The lowest BCUT2D eigenvalue weighted by Gasteiger charge is -2.33. The second-order valence-corrected chi connectivity index (χ2v) is 9.86. The number of likely N-dealkylation sites (N-methyl/N-ethyl adjacent to an activating group) is 1. The third kappa shape index (κ3) is 4.19. The molecule has 2 aliphatic rings. The van der Waals surface area contributed by atoms with E-state index in [1.165, 1.54) is 11.1 Å². The lowest BCUT2D eigenvalue weighted by Crippen LogP contribution is -2.44. The molecule has 3 rings (SSSR count). The van der Waals surface area contributed by atoms with Crippen LogP contribution in [0.3, 0.4) is 0 Å². The average Bonchev–Trinajstić information content (AvgIpc) is 3.03. The van der Waals surface area contributed by atoms with Crippen LogP contribution >= 0.6 is 0 Å². The van der Waals surface area contributed by atoms with Gasteiger partial charge >= 0.3 is 0 Å². The molecule has 134 valence electrons. The molecule has 0 N–H and O–H groups in total. The van der Waals surface area contributed by atoms with Crippen LogP contribution in [0.4, 0.5) is 0 Å². The zero-order valence-corrected chi connectivity index (χ0v) is 15.8. The number of likely N-dealkylation sites (tertiary alicyclic amines) is 1. The van der Waals surface area contributed by atoms with Gasteiger partial charge in [-0.3, -0.25) is 0 Å². The minimum absolute atomic E-state index is 0.203. The fraction of sp³-hybridized carbons (Fsp3) is 0.684. The minimum atomic E-state index is -3.08. The fourth-order valence-corrected chi connectivity index (χ4v) is 5.92. The van der Waals surface area contributed by atoms with Gasteiger partial charge in [0, 0.05) is 19.6 Å². The van der Waals surface area contributed by atoms with E-state index in [4.69, 9.17) is 0 Å². The van der Waals surface area contributed by atoms with Crippen molar-refractivity contribution in [1.82, 2.24) is 9.80 Å². The molecular formula is C19H30N2O2S. The van der Waals surface area contributed by atoms with Crippen LogP contribution in [0, 0.1) is 0 Å². The first-order valence-corrected chi connectivity index (χ1v) is 10.9. The highest BCUT2D eigenvalue weighted by atomic mass is 32.2. The van der Waals surface area contributed by atoms with Gasteiger partial charge in [0.1, 0.15) is 0 Å². The van der Waals surface area contributed by atoms with Crippen LogP contribution < -0.4 is 0 Å². The molecule has 0 radical (unpaired) electrons. The number of rotatable bonds is 6. The summed E-state index contributed by atoms with van der Waals surface area (Å²) in [7, 11) is 1.04. The summed E-state index contributed by atoms with van der Waals surface area (Å²) in [6, 6.07) is 6.20. The number of benzene rings is 1. The van der Waals surface area contributed by atoms with Gasteiger partial charge in [-0.2, -0.15) is 0 Å². The highest BCUT2D eigenvalue weighted by molar-refractivity contribution is 7.91. The molecule has 5 heteroatoms. The van der Waals surface area contributed by atoms with E-state index in [9.17, 15) is 8.42 Å². The maximum atomic E-state index is 13.0. The van der Waals surface area contributed by atoms with Gasteiger partial charge in [-0.1, -0.05) is 18.2 Å². The summed E-state index contributed by atoms with van der Waals surface area (Å²) in [4.78, 5) is 4.48. The van der Waals surface area contributed by atoms with Crippen LogP contribution in [0.2, 0.25) is 0 Å². The fourth-order valence-electron chi connectivity index (χ4n) is 4.02. The van der Waals surface area contributed by atoms with E-state index in [-0.39, 0.29) is 11.0 Å². The Bertz CT molecular complexity index is 670. The Balaban J connectivity index is 1.68. The summed E-state index contributed by atoms with van der Waals surface area (Å²) in [5, 5.41) is -0.203. The van der Waals surface area contributed by atoms with Gasteiger partial charge in [-0.15, -0.1) is 0 Å². The number of sulfone groups is 1. The number of piperidine rings is 1. The summed E-state index contributed by atoms with van der Waals surface area (Å²) in [5.74, 6) is 0.225. The maximum Gasteiger partial charge on any atom is 0.158 e. The third-order valence-corrected chi connectivity index (χ3v) is 7.55. The van der Waals surface area contributed by atoms with E-state index < -0.39 is 9.84 Å². The van der Waals surface area contributed by atoms with Crippen molar-refractivity contribution in [3.63, 3.8) is 0 Å². The van der Waals surface area contributed by atoms with Gasteiger partial charge in [0.25, 0.3) is 0 Å². The van der Waals surface area contributed by atoms with Crippen molar-refractivity contribution in [2.45, 2.75) is 43.1 Å². The van der Waals surface area contributed by atoms with Crippen LogP contribution in [-0.4, -0.2) is 63.7 Å². The SMILES string of the molecule is CN(C)CCN1CCCC(S(=O)(=O)Cc2cccc3c2CCC3)C1. The van der Waals surface area contributed by atoms with Crippen molar-refractivity contribution in [1.29, 1.82) is 0 Å². The molecule has 0 bridgehead atoms. The predicted molar refractivity (Wildman–Crippen MR) is 99.1 cm³/mol. The van der Waals surface area contributed by atoms with Gasteiger partial charge in [0.15, 0.2) is 9.84 Å². The molecule has 1 atom stereocenters. The standard InChI is InChI=1S/C19H30N2O2S/c1-20(2)12-13-21-11-5-9-18(14-21)24(22,23)15-17-8-3-6-16-7-4-10-19(16)17/h3,6,8,18H,4-5,7,9-15H2,1-2H3. The topological polar surface area (TPSA) is 40.6 Å². The number of fused-ring (bicyclic) bond motifs is 1. The molecule has 1 heterocycles. The van der Waals surface area contributed by atoms with E-state index in [2.05, 4.69) is 30.0 Å². The van der Waals surface area contributed by atoms with Crippen molar-refractivity contribution in [3.8, 4) is 0 Å². The number of nitrogens with zero attached hydrogens (tertiary/aromatic N) is 2. The molecule has 1 aromatic rings. The summed E-state index contributed by atoms with van der Waals surface area (Å²) < 4.78 is 26.0. The quantitative estimate of drug-likeness (QED) is 0.788. The highest BCUT2D eigenvalue weighted by Gasteiger charge is 2.31. The Kier molecular flexibility index (Phi) is 5.63. The molecule has 1 unspecified atom stereocenters. The van der Waals surface area contributed by atoms with Gasteiger partial charge in [-0.25, -0.2) is 8.42 Å². The number of hydrogen-bond donors (Lipinski definition) is 0. The predicted octanol–water partition coefficient (Wildman–Crippen LogP) is 2.12. The maximum absolute atomic E-state index is 13.0. The number of hydrogen-bond acceptors (Lipinski definition) is 4. The molecule has 0 spiro atoms. The molecule has 24 heavy (non-hydrogen) atoms. The second kappa shape index (κ2) is 7.54. The molecule has 1 aliphatic carbocycles. The average molecular weight is 351 g/mol. The molecule has 1 saturated heterocycles. The molecule has 0 aromatic heterocycles. The normalized spacial score (nSPS) is 22.0. The molecular weight excluding hydrogens is 320 g/mol. The zero-order valence-electron chi connectivity index (χ0n) is 15.0. The molecule has 4 nitrogen and oxygen atoms in total. The summed E-state index contributed by atoms with van der Waals surface area (Å²) >= 11 is 0. The summed E-state index contributed by atoms with van der Waals surface area (Å²) in [6.45, 7) is 3.67. The second-order valence-electron chi connectivity index (χ2n) is 7.58. The first-order valence-electron chi connectivity index (χ1n) is 9.14. The van der Waals surface area contributed by atoms with Crippen LogP contribution in [0.25, 0.3) is 0 Å². The first kappa shape index (κ1) is 17.9. The third-order valence-electron chi connectivity index (χ3n) is 5.43. The first-order chi connectivity index (χ1) is 11.5. The van der Waals surface area contributed by atoms with Crippen molar-refractivity contribution < 1.29 is 8.42 Å². The molecule has 1 aliphatic heterocycles. The number of aryl methyl sites for hydroxylation is 1. The van der Waals surface area contributed by atoms with Gasteiger partial charge in [0.05, 0.1) is 11.0 Å². The van der Waals surface area contributed by atoms with Crippen molar-refractivity contribution in [3.05, 3.63) is 34.9 Å². The monoisotopic (exact) mass is 350 g/mol. The highest BCUT2D eigenvalue weighted by Crippen LogP contribution is 2.28. The Hall–Kier alpha value is -0.910. The van der Waals surface area contributed by atoms with E-state index in [1.54, 1.807) is 0 Å². The molecule has 0 saturated carbocycles. The van der Waals surface area contributed by atoms with Crippen molar-refractivity contribution in [2.75, 3.05) is 40.3 Å². The van der Waals surface area contributed by atoms with Gasteiger partial charge in [-0.05, 0) is 69.4 Å². The van der Waals surface area contributed by atoms with Crippen LogP contribution in [0.5, 0.6) is 0 Å². The Morgan fingerprint density at radius 2 is 2.04 bits per heavy atom. The molecule has 1 fully saturated rings. The lowest BCUT2D eigenvalue weighted by molar-refractivity contribution is 0.208. The Morgan fingerprint density at radius 3 is 2.83 bits per heavy atom. The Labute approximate surface area is 146 Å². The smallest absolute Gasteiger partial charge is 0.158 e. The van der Waals surface area contributed by atoms with Crippen molar-refractivity contribution in [2.24, 2.45) is 0 Å². The van der Waals surface area contributed by atoms with Gasteiger partial charge < -0.3 is 9.80 Å². The van der Waals surface area contributed by atoms with Crippen LogP contribution in [0.1, 0.15) is 36.0 Å². The van der Waals surface area contributed by atoms with E-state index in [0.29, 0.717) is 6.54 Å². The largest absolute Gasteiger partial charge is 0.308 e. The van der Waals surface area contributed by atoms with E-state index >= 15 is 0 Å². The lowest BCUT2D eigenvalue weighted by atomic mass is 10.1. The van der Waals surface area contributed by atoms with E-state index in [1.807, 2.05) is 12.1 Å².